The fraction of sp³-hybridized carbons (Fsp3) is 0.556. The molecule has 1 aliphatic heterocycles. The third kappa shape index (κ3) is 4.73. The average molecular weight is 373 g/mol. The number of furan rings is 1. The molecule has 2 fully saturated rings. The number of aromatic nitrogens is 2. The standard InChI is InChI=1S/C18H23N5O4/c24-15(19-13-3-4-13)12-22-7-9-23(10-8-22)17(25)6-5-16-20-18(21-27-16)14-2-1-11-26-14/h1-2,11,13H,3-10,12H2,(H,19,24). The quantitative estimate of drug-likeness (QED) is 0.761. The summed E-state index contributed by atoms with van der Waals surface area (Å²) in [5.41, 5.74) is 0. The molecule has 2 aliphatic rings. The van der Waals surface area contributed by atoms with Gasteiger partial charge in [-0.15, -0.1) is 0 Å². The Morgan fingerprint density at radius 3 is 2.74 bits per heavy atom. The minimum absolute atomic E-state index is 0.0647. The molecule has 9 nitrogen and oxygen atoms in total. The van der Waals surface area contributed by atoms with E-state index in [1.807, 2.05) is 4.90 Å². The van der Waals surface area contributed by atoms with Crippen molar-refractivity contribution in [2.75, 3.05) is 32.7 Å². The maximum Gasteiger partial charge on any atom is 0.238 e. The van der Waals surface area contributed by atoms with Crippen LogP contribution in [0.4, 0.5) is 0 Å². The molecular weight excluding hydrogens is 350 g/mol. The van der Waals surface area contributed by atoms with E-state index in [0.29, 0.717) is 69.1 Å². The summed E-state index contributed by atoms with van der Waals surface area (Å²) < 4.78 is 10.4. The van der Waals surface area contributed by atoms with Crippen LogP contribution in [0, 0.1) is 0 Å². The van der Waals surface area contributed by atoms with E-state index in [9.17, 15) is 9.59 Å². The number of nitrogens with zero attached hydrogens (tertiary/aromatic N) is 4. The van der Waals surface area contributed by atoms with Crippen LogP contribution in [0.15, 0.2) is 27.3 Å². The molecule has 1 saturated heterocycles. The highest BCUT2D eigenvalue weighted by molar-refractivity contribution is 5.79. The maximum absolute atomic E-state index is 12.4. The van der Waals surface area contributed by atoms with Gasteiger partial charge in [-0.1, -0.05) is 5.16 Å². The Bertz CT molecular complexity index is 776. The molecule has 3 heterocycles. The van der Waals surface area contributed by atoms with E-state index in [0.717, 1.165) is 12.8 Å². The second-order valence-electron chi connectivity index (χ2n) is 6.99. The predicted octanol–water partition coefficient (Wildman–Crippen LogP) is 0.685. The highest BCUT2D eigenvalue weighted by Crippen LogP contribution is 2.18. The first-order valence-corrected chi connectivity index (χ1v) is 9.33. The largest absolute Gasteiger partial charge is 0.461 e. The van der Waals surface area contributed by atoms with Gasteiger partial charge < -0.3 is 19.2 Å². The van der Waals surface area contributed by atoms with E-state index in [1.54, 1.807) is 18.4 Å². The summed E-state index contributed by atoms with van der Waals surface area (Å²) in [6, 6.07) is 3.90. The zero-order valence-corrected chi connectivity index (χ0v) is 15.1. The molecule has 0 spiro atoms. The normalized spacial score (nSPS) is 17.9. The molecule has 0 radical (unpaired) electrons. The molecule has 4 rings (SSSR count). The van der Waals surface area contributed by atoms with E-state index in [-0.39, 0.29) is 11.8 Å². The van der Waals surface area contributed by atoms with Crippen molar-refractivity contribution in [1.82, 2.24) is 25.3 Å². The van der Waals surface area contributed by atoms with Crippen LogP contribution < -0.4 is 5.32 Å². The fourth-order valence-electron chi connectivity index (χ4n) is 3.09. The summed E-state index contributed by atoms with van der Waals surface area (Å²) in [7, 11) is 0. The first kappa shape index (κ1) is 17.7. The van der Waals surface area contributed by atoms with Crippen LogP contribution in [-0.4, -0.2) is 70.5 Å². The summed E-state index contributed by atoms with van der Waals surface area (Å²) in [5, 5.41) is 6.86. The molecular formula is C18H23N5O4. The molecule has 144 valence electrons. The van der Waals surface area contributed by atoms with Crippen molar-refractivity contribution in [1.29, 1.82) is 0 Å². The smallest absolute Gasteiger partial charge is 0.238 e. The van der Waals surface area contributed by atoms with Gasteiger partial charge >= 0.3 is 0 Å². The second-order valence-corrected chi connectivity index (χ2v) is 6.99. The van der Waals surface area contributed by atoms with E-state index in [2.05, 4.69) is 20.4 Å². The van der Waals surface area contributed by atoms with Crippen molar-refractivity contribution in [2.24, 2.45) is 0 Å². The lowest BCUT2D eigenvalue weighted by atomic mass is 10.2. The van der Waals surface area contributed by atoms with Gasteiger partial charge in [0.1, 0.15) is 0 Å². The van der Waals surface area contributed by atoms with Crippen LogP contribution in [0.5, 0.6) is 0 Å². The minimum atomic E-state index is 0.0647. The molecule has 0 bridgehead atoms. The monoisotopic (exact) mass is 373 g/mol. The molecule has 1 saturated carbocycles. The highest BCUT2D eigenvalue weighted by Gasteiger charge is 2.26. The van der Waals surface area contributed by atoms with Gasteiger partial charge in [0.15, 0.2) is 5.76 Å². The molecule has 2 aromatic heterocycles. The number of rotatable bonds is 7. The Kier molecular flexibility index (Phi) is 5.19. The van der Waals surface area contributed by atoms with Gasteiger partial charge in [-0.3, -0.25) is 14.5 Å². The van der Waals surface area contributed by atoms with Gasteiger partial charge in [0.25, 0.3) is 0 Å². The summed E-state index contributed by atoms with van der Waals surface area (Å²) in [4.78, 5) is 32.4. The molecule has 2 amide bonds. The summed E-state index contributed by atoms with van der Waals surface area (Å²) >= 11 is 0. The van der Waals surface area contributed by atoms with Crippen LogP contribution in [-0.2, 0) is 16.0 Å². The van der Waals surface area contributed by atoms with Crippen LogP contribution in [0.25, 0.3) is 11.6 Å². The van der Waals surface area contributed by atoms with E-state index in [4.69, 9.17) is 8.94 Å². The van der Waals surface area contributed by atoms with Gasteiger partial charge in [-0.2, -0.15) is 4.98 Å². The first-order chi connectivity index (χ1) is 13.2. The Hall–Kier alpha value is -2.68. The third-order valence-corrected chi connectivity index (χ3v) is 4.80. The van der Waals surface area contributed by atoms with E-state index < -0.39 is 0 Å². The molecule has 1 aliphatic carbocycles. The maximum atomic E-state index is 12.4. The number of aryl methyl sites for hydroxylation is 1. The van der Waals surface area contributed by atoms with Gasteiger partial charge in [0.2, 0.25) is 23.5 Å². The number of carbonyl (C=O) groups excluding carboxylic acids is 2. The number of hydrogen-bond acceptors (Lipinski definition) is 7. The average Bonchev–Trinajstić information content (AvgIpc) is 3.14. The second kappa shape index (κ2) is 7.91. The lowest BCUT2D eigenvalue weighted by Gasteiger charge is -2.34. The Balaban J connectivity index is 1.19. The zero-order chi connectivity index (χ0) is 18.6. The molecule has 27 heavy (non-hydrogen) atoms. The molecule has 0 unspecified atom stereocenters. The summed E-state index contributed by atoms with van der Waals surface area (Å²) in [5.74, 6) is 1.50. The predicted molar refractivity (Wildman–Crippen MR) is 94.5 cm³/mol. The van der Waals surface area contributed by atoms with Crippen molar-refractivity contribution >= 4 is 11.8 Å². The Labute approximate surface area is 156 Å². The van der Waals surface area contributed by atoms with E-state index >= 15 is 0 Å². The number of carbonyl (C=O) groups is 2. The first-order valence-electron chi connectivity index (χ1n) is 9.33. The summed E-state index contributed by atoms with van der Waals surface area (Å²) in [6.45, 7) is 3.12. The molecule has 0 aromatic carbocycles. The highest BCUT2D eigenvalue weighted by atomic mass is 16.5. The van der Waals surface area contributed by atoms with Crippen LogP contribution in [0.2, 0.25) is 0 Å². The fourth-order valence-corrected chi connectivity index (χ4v) is 3.09. The lowest BCUT2D eigenvalue weighted by Crippen LogP contribution is -2.51. The van der Waals surface area contributed by atoms with Gasteiger partial charge in [0.05, 0.1) is 12.8 Å². The van der Waals surface area contributed by atoms with Gasteiger partial charge in [0, 0.05) is 45.1 Å². The van der Waals surface area contributed by atoms with Crippen molar-refractivity contribution in [3.8, 4) is 11.6 Å². The third-order valence-electron chi connectivity index (χ3n) is 4.80. The number of amides is 2. The number of piperazine rings is 1. The topological polar surface area (TPSA) is 105 Å². The molecule has 9 heteroatoms. The van der Waals surface area contributed by atoms with Crippen molar-refractivity contribution in [3.05, 3.63) is 24.3 Å². The van der Waals surface area contributed by atoms with Crippen molar-refractivity contribution in [3.63, 3.8) is 0 Å². The lowest BCUT2D eigenvalue weighted by molar-refractivity contribution is -0.133. The molecule has 2 aromatic rings. The van der Waals surface area contributed by atoms with Crippen LogP contribution in [0.3, 0.4) is 0 Å². The SMILES string of the molecule is O=C(CN1CCN(C(=O)CCc2nc(-c3ccco3)no2)CC1)NC1CC1. The van der Waals surface area contributed by atoms with Gasteiger partial charge in [-0.25, -0.2) is 0 Å². The van der Waals surface area contributed by atoms with Crippen molar-refractivity contribution in [2.45, 2.75) is 31.7 Å². The van der Waals surface area contributed by atoms with Crippen LogP contribution >= 0.6 is 0 Å². The minimum Gasteiger partial charge on any atom is -0.461 e. The van der Waals surface area contributed by atoms with Crippen LogP contribution in [0.1, 0.15) is 25.2 Å². The zero-order valence-electron chi connectivity index (χ0n) is 15.1. The Morgan fingerprint density at radius 2 is 2.04 bits per heavy atom. The molecule has 0 atom stereocenters. The van der Waals surface area contributed by atoms with Gasteiger partial charge in [-0.05, 0) is 25.0 Å². The molecule has 1 N–H and O–H groups in total. The Morgan fingerprint density at radius 1 is 1.22 bits per heavy atom. The van der Waals surface area contributed by atoms with E-state index in [1.165, 1.54) is 0 Å². The number of nitrogens with one attached hydrogen (secondary N) is 1. The summed E-state index contributed by atoms with van der Waals surface area (Å²) in [6.07, 6.45) is 4.46. The number of hydrogen-bond donors (Lipinski definition) is 1. The van der Waals surface area contributed by atoms with Crippen molar-refractivity contribution < 1.29 is 18.5 Å².